The Labute approximate surface area is 139 Å². The van der Waals surface area contributed by atoms with Crippen molar-refractivity contribution >= 4 is 44.1 Å². The summed E-state index contributed by atoms with van der Waals surface area (Å²) >= 11 is 12.1. The van der Waals surface area contributed by atoms with E-state index >= 15 is 0 Å². The first kappa shape index (κ1) is 15.5. The first-order valence-corrected chi connectivity index (χ1v) is 8.08. The molecule has 0 saturated carbocycles. The van der Waals surface area contributed by atoms with Gasteiger partial charge in [0.2, 0.25) is 4.77 Å². The van der Waals surface area contributed by atoms with E-state index in [-0.39, 0.29) is 0 Å². The van der Waals surface area contributed by atoms with Crippen LogP contribution in [0.5, 0.6) is 5.75 Å². The minimum Gasteiger partial charge on any atom is -0.492 e. The summed E-state index contributed by atoms with van der Waals surface area (Å²) in [5.41, 5.74) is 4.21. The zero-order valence-electron chi connectivity index (χ0n) is 10.8. The van der Waals surface area contributed by atoms with Gasteiger partial charge in [-0.15, -0.1) is 0 Å². The molecule has 0 saturated heterocycles. The Kier molecular flexibility index (Phi) is 5.62. The largest absolute Gasteiger partial charge is 0.492 e. The van der Waals surface area contributed by atoms with Gasteiger partial charge in [-0.05, 0) is 46.7 Å². The lowest BCUT2D eigenvalue weighted by atomic mass is 10.2. The average molecular weight is 422 g/mol. The van der Waals surface area contributed by atoms with E-state index in [9.17, 15) is 0 Å². The van der Waals surface area contributed by atoms with Crippen LogP contribution in [-0.2, 0) is 6.54 Å². The number of aromatic amines is 1. The molecule has 20 heavy (non-hydrogen) atoms. The molecule has 0 atom stereocenters. The number of benzene rings is 1. The van der Waals surface area contributed by atoms with Crippen LogP contribution in [0.2, 0.25) is 0 Å². The molecule has 2 N–H and O–H groups in total. The van der Waals surface area contributed by atoms with Gasteiger partial charge in [0, 0.05) is 10.0 Å². The fraction of sp³-hybridized carbons (Fsp3) is 0.333. The molecule has 2 aromatic rings. The highest BCUT2D eigenvalue weighted by molar-refractivity contribution is 9.11. The van der Waals surface area contributed by atoms with E-state index < -0.39 is 0 Å². The maximum atomic E-state index is 5.81. The van der Waals surface area contributed by atoms with Crippen molar-refractivity contribution in [2.75, 3.05) is 12.0 Å². The molecule has 8 heteroatoms. The summed E-state index contributed by atoms with van der Waals surface area (Å²) in [4.78, 5) is 0. The lowest BCUT2D eigenvalue weighted by Gasteiger charge is -2.15. The highest BCUT2D eigenvalue weighted by Gasteiger charge is 2.10. The second-order valence-corrected chi connectivity index (χ2v) is 6.25. The number of rotatable bonds is 6. The number of hydrogen-bond acceptors (Lipinski definition) is 4. The SMILES string of the molecule is CCCOc1c(Br)cc(Br)cc1CNn1cn[nH]c1=S. The number of nitrogens with zero attached hydrogens (tertiary/aromatic N) is 2. The van der Waals surface area contributed by atoms with Crippen molar-refractivity contribution in [3.05, 3.63) is 37.7 Å². The Bertz CT molecular complexity index is 641. The minimum atomic E-state index is 0.523. The molecular weight excluding hydrogens is 408 g/mol. The van der Waals surface area contributed by atoms with Gasteiger partial charge in [0.1, 0.15) is 12.1 Å². The Morgan fingerprint density at radius 3 is 2.90 bits per heavy atom. The van der Waals surface area contributed by atoms with Gasteiger partial charge in [-0.25, -0.2) is 4.68 Å². The number of nitrogens with one attached hydrogen (secondary N) is 2. The number of halogens is 2. The fourth-order valence-corrected chi connectivity index (χ4v) is 3.23. The molecule has 1 aromatic carbocycles. The Morgan fingerprint density at radius 2 is 2.25 bits per heavy atom. The van der Waals surface area contributed by atoms with Crippen molar-refractivity contribution in [3.8, 4) is 5.75 Å². The third-order valence-corrected chi connectivity index (χ3v) is 3.86. The predicted octanol–water partition coefficient (Wildman–Crippen LogP) is 4.00. The van der Waals surface area contributed by atoms with Crippen LogP contribution in [0.3, 0.4) is 0 Å². The molecule has 0 spiro atoms. The van der Waals surface area contributed by atoms with Crippen LogP contribution in [-0.4, -0.2) is 21.5 Å². The number of aromatic nitrogens is 3. The molecule has 0 amide bonds. The van der Waals surface area contributed by atoms with E-state index in [4.69, 9.17) is 17.0 Å². The van der Waals surface area contributed by atoms with E-state index in [1.54, 1.807) is 11.0 Å². The lowest BCUT2D eigenvalue weighted by Crippen LogP contribution is -2.14. The normalized spacial score (nSPS) is 10.6. The Hall–Kier alpha value is -0.860. The van der Waals surface area contributed by atoms with Gasteiger partial charge in [0.25, 0.3) is 0 Å². The maximum Gasteiger partial charge on any atom is 0.214 e. The molecule has 1 aromatic heterocycles. The summed E-state index contributed by atoms with van der Waals surface area (Å²) in [7, 11) is 0. The third kappa shape index (κ3) is 3.83. The van der Waals surface area contributed by atoms with Gasteiger partial charge in [0.15, 0.2) is 0 Å². The van der Waals surface area contributed by atoms with Crippen LogP contribution < -0.4 is 10.2 Å². The highest BCUT2D eigenvalue weighted by Crippen LogP contribution is 2.33. The van der Waals surface area contributed by atoms with Crippen molar-refractivity contribution < 1.29 is 4.74 Å². The topological polar surface area (TPSA) is 54.9 Å². The molecule has 0 radical (unpaired) electrons. The molecular formula is C12H14Br2N4OS. The van der Waals surface area contributed by atoms with Gasteiger partial charge in [-0.3, -0.25) is 5.10 Å². The molecule has 0 aliphatic heterocycles. The average Bonchev–Trinajstić information content (AvgIpc) is 2.80. The smallest absolute Gasteiger partial charge is 0.214 e. The Balaban J connectivity index is 2.20. The van der Waals surface area contributed by atoms with Crippen molar-refractivity contribution in [1.82, 2.24) is 14.9 Å². The van der Waals surface area contributed by atoms with Gasteiger partial charge in [-0.1, -0.05) is 22.9 Å². The second kappa shape index (κ2) is 7.24. The van der Waals surface area contributed by atoms with Crippen LogP contribution in [0.15, 0.2) is 27.4 Å². The third-order valence-electron chi connectivity index (χ3n) is 2.53. The van der Waals surface area contributed by atoms with Crippen molar-refractivity contribution in [1.29, 1.82) is 0 Å². The first-order valence-electron chi connectivity index (χ1n) is 6.08. The molecule has 0 aliphatic carbocycles. The number of H-pyrrole nitrogens is 1. The summed E-state index contributed by atoms with van der Waals surface area (Å²) < 4.78 is 9.90. The van der Waals surface area contributed by atoms with Crippen LogP contribution in [0.4, 0.5) is 0 Å². The Morgan fingerprint density at radius 1 is 1.45 bits per heavy atom. The molecule has 0 bridgehead atoms. The number of hydrogen-bond donors (Lipinski definition) is 2. The van der Waals surface area contributed by atoms with Crippen molar-refractivity contribution in [2.24, 2.45) is 0 Å². The van der Waals surface area contributed by atoms with E-state index in [1.807, 2.05) is 12.1 Å². The summed E-state index contributed by atoms with van der Waals surface area (Å²) in [6.07, 6.45) is 2.56. The molecule has 0 aliphatic rings. The summed E-state index contributed by atoms with van der Waals surface area (Å²) in [5.74, 6) is 0.845. The fourth-order valence-electron chi connectivity index (χ4n) is 1.64. The van der Waals surface area contributed by atoms with Crippen LogP contribution in [0, 0.1) is 4.77 Å². The van der Waals surface area contributed by atoms with Crippen LogP contribution in [0.25, 0.3) is 0 Å². The quantitative estimate of drug-likeness (QED) is 0.692. The second-order valence-electron chi connectivity index (χ2n) is 4.09. The predicted molar refractivity (Wildman–Crippen MR) is 88.1 cm³/mol. The standard InChI is InChI=1S/C12H14Br2N4OS/c1-2-3-19-11-8(4-9(13)5-10(11)14)6-16-18-7-15-17-12(18)20/h4-5,7,16H,2-3,6H2,1H3,(H,17,20). The molecule has 2 rings (SSSR count). The van der Waals surface area contributed by atoms with Gasteiger partial charge < -0.3 is 10.2 Å². The van der Waals surface area contributed by atoms with E-state index in [0.717, 1.165) is 26.7 Å². The highest BCUT2D eigenvalue weighted by atomic mass is 79.9. The maximum absolute atomic E-state index is 5.81. The molecule has 108 valence electrons. The van der Waals surface area contributed by atoms with Gasteiger partial charge in [0.05, 0.1) is 17.6 Å². The van der Waals surface area contributed by atoms with E-state index in [1.165, 1.54) is 0 Å². The monoisotopic (exact) mass is 420 g/mol. The lowest BCUT2D eigenvalue weighted by molar-refractivity contribution is 0.312. The minimum absolute atomic E-state index is 0.523. The zero-order valence-corrected chi connectivity index (χ0v) is 14.8. The van der Waals surface area contributed by atoms with E-state index in [2.05, 4.69) is 54.4 Å². The van der Waals surface area contributed by atoms with Crippen LogP contribution in [0.1, 0.15) is 18.9 Å². The summed E-state index contributed by atoms with van der Waals surface area (Å²) in [6.45, 7) is 3.33. The number of ether oxygens (including phenoxy) is 1. The first-order chi connectivity index (χ1) is 9.61. The zero-order chi connectivity index (χ0) is 14.5. The summed E-state index contributed by atoms with van der Waals surface area (Å²) in [6, 6.07) is 3.99. The van der Waals surface area contributed by atoms with Gasteiger partial charge in [-0.2, -0.15) is 5.10 Å². The van der Waals surface area contributed by atoms with Crippen molar-refractivity contribution in [2.45, 2.75) is 19.9 Å². The molecule has 1 heterocycles. The summed E-state index contributed by atoms with van der Waals surface area (Å²) in [5, 5.41) is 6.55. The van der Waals surface area contributed by atoms with Crippen molar-refractivity contribution in [3.63, 3.8) is 0 Å². The molecule has 0 fully saturated rings. The van der Waals surface area contributed by atoms with Crippen LogP contribution >= 0.6 is 44.1 Å². The molecule has 5 nitrogen and oxygen atoms in total. The van der Waals surface area contributed by atoms with Gasteiger partial charge >= 0.3 is 0 Å². The van der Waals surface area contributed by atoms with E-state index in [0.29, 0.717) is 17.9 Å². The molecule has 0 unspecified atom stereocenters.